The van der Waals surface area contributed by atoms with Gasteiger partial charge >= 0.3 is 5.69 Å². The van der Waals surface area contributed by atoms with Gasteiger partial charge in [-0.3, -0.25) is 8.97 Å². The Hall–Kier alpha value is -1.55. The maximum absolute atomic E-state index is 11.8. The number of nitrogens with zero attached hydrogens (tertiary/aromatic N) is 2. The molecule has 4 nitrogen and oxygen atoms in total. The summed E-state index contributed by atoms with van der Waals surface area (Å²) in [7, 11) is 0. The van der Waals surface area contributed by atoms with Crippen molar-refractivity contribution in [3.63, 3.8) is 0 Å². The second-order valence-corrected chi connectivity index (χ2v) is 3.26. The molecule has 74 valence electrons. The van der Waals surface area contributed by atoms with Crippen LogP contribution in [0.15, 0.2) is 29.2 Å². The number of hydrogen-bond donors (Lipinski definition) is 1. The van der Waals surface area contributed by atoms with E-state index in [0.29, 0.717) is 13.1 Å². The molecule has 0 spiro atoms. The number of rotatable bonds is 2. The quantitative estimate of drug-likeness (QED) is 0.745. The third kappa shape index (κ3) is 1.15. The molecule has 0 amide bonds. The van der Waals surface area contributed by atoms with Gasteiger partial charge in [0.2, 0.25) is 0 Å². The van der Waals surface area contributed by atoms with E-state index in [9.17, 15) is 4.79 Å². The Bertz CT molecular complexity index is 510. The maximum Gasteiger partial charge on any atom is 0.332 e. The molecule has 0 aliphatic heterocycles. The van der Waals surface area contributed by atoms with E-state index in [1.165, 1.54) is 0 Å². The minimum absolute atomic E-state index is 0.0106. The van der Waals surface area contributed by atoms with Crippen LogP contribution in [0.3, 0.4) is 0 Å². The van der Waals surface area contributed by atoms with Crippen LogP contribution < -0.4 is 11.4 Å². The number of hydrogen-bond acceptors (Lipinski definition) is 2. The molecule has 2 heterocycles. The third-order valence-corrected chi connectivity index (χ3v) is 2.43. The van der Waals surface area contributed by atoms with E-state index in [4.69, 9.17) is 5.73 Å². The fourth-order valence-electron chi connectivity index (χ4n) is 1.71. The molecule has 0 atom stereocenters. The Morgan fingerprint density at radius 2 is 2.21 bits per heavy atom. The summed E-state index contributed by atoms with van der Waals surface area (Å²) >= 11 is 0. The van der Waals surface area contributed by atoms with Crippen molar-refractivity contribution in [2.24, 2.45) is 5.73 Å². The van der Waals surface area contributed by atoms with Crippen molar-refractivity contribution in [2.45, 2.75) is 13.5 Å². The zero-order valence-corrected chi connectivity index (χ0v) is 8.10. The van der Waals surface area contributed by atoms with Crippen LogP contribution in [0.1, 0.15) is 5.69 Å². The van der Waals surface area contributed by atoms with Crippen LogP contribution in [0.2, 0.25) is 0 Å². The molecule has 2 aromatic heterocycles. The number of nitrogens with two attached hydrogens (primary N) is 1. The summed E-state index contributed by atoms with van der Waals surface area (Å²) in [6.07, 6.45) is 1.78. The number of aryl methyl sites for hydroxylation is 1. The Kier molecular flexibility index (Phi) is 2.13. The fraction of sp³-hybridized carbons (Fsp3) is 0.300. The number of aromatic nitrogens is 2. The van der Waals surface area contributed by atoms with E-state index >= 15 is 0 Å². The minimum atomic E-state index is -0.0106. The summed E-state index contributed by atoms with van der Waals surface area (Å²) in [4.78, 5) is 11.8. The van der Waals surface area contributed by atoms with Gasteiger partial charge in [0.05, 0.1) is 5.52 Å². The van der Waals surface area contributed by atoms with E-state index in [0.717, 1.165) is 11.2 Å². The molecule has 0 aliphatic rings. The zero-order chi connectivity index (χ0) is 10.1. The first-order valence-corrected chi connectivity index (χ1v) is 4.62. The molecular formula is C10H13N3O. The molecule has 0 aliphatic carbocycles. The topological polar surface area (TPSA) is 52.4 Å². The Morgan fingerprint density at radius 3 is 2.86 bits per heavy atom. The standard InChI is InChI=1S/C10H13N3O/c1-8-9-4-2-3-6-13(9)10(14)12(8)7-5-11/h2-4,6H,5,7,11H2,1H3. The fourth-order valence-corrected chi connectivity index (χ4v) is 1.71. The molecule has 2 aromatic rings. The monoisotopic (exact) mass is 191 g/mol. The van der Waals surface area contributed by atoms with E-state index in [2.05, 4.69) is 0 Å². The lowest BCUT2D eigenvalue weighted by atomic mass is 10.3. The smallest absolute Gasteiger partial charge is 0.329 e. The highest BCUT2D eigenvalue weighted by Crippen LogP contribution is 2.07. The van der Waals surface area contributed by atoms with Gasteiger partial charge in [0.15, 0.2) is 0 Å². The van der Waals surface area contributed by atoms with Gasteiger partial charge in [0.25, 0.3) is 0 Å². The molecular weight excluding hydrogens is 178 g/mol. The summed E-state index contributed by atoms with van der Waals surface area (Å²) in [5, 5.41) is 0. The van der Waals surface area contributed by atoms with Gasteiger partial charge in [-0.15, -0.1) is 0 Å². The highest BCUT2D eigenvalue weighted by molar-refractivity contribution is 5.51. The molecule has 0 radical (unpaired) electrons. The van der Waals surface area contributed by atoms with Crippen LogP contribution >= 0.6 is 0 Å². The molecule has 2 rings (SSSR count). The summed E-state index contributed by atoms with van der Waals surface area (Å²) < 4.78 is 3.35. The maximum atomic E-state index is 11.8. The predicted octanol–water partition coefficient (Wildman–Crippen LogP) is 0.368. The first-order chi connectivity index (χ1) is 6.75. The van der Waals surface area contributed by atoms with E-state index < -0.39 is 0 Å². The third-order valence-electron chi connectivity index (χ3n) is 2.43. The van der Waals surface area contributed by atoms with Crippen molar-refractivity contribution in [1.82, 2.24) is 8.97 Å². The van der Waals surface area contributed by atoms with Crippen LogP contribution in [0.4, 0.5) is 0 Å². The number of imidazole rings is 1. The van der Waals surface area contributed by atoms with Crippen molar-refractivity contribution >= 4 is 5.52 Å². The summed E-state index contributed by atoms with van der Waals surface area (Å²) in [5.74, 6) is 0. The zero-order valence-electron chi connectivity index (χ0n) is 8.10. The second kappa shape index (κ2) is 3.31. The molecule has 0 saturated heterocycles. The van der Waals surface area contributed by atoms with E-state index in [-0.39, 0.29) is 5.69 Å². The average molecular weight is 191 g/mol. The first kappa shape index (κ1) is 9.02. The van der Waals surface area contributed by atoms with Crippen LogP contribution in [-0.4, -0.2) is 15.5 Å². The Labute approximate surface area is 81.6 Å². The first-order valence-electron chi connectivity index (χ1n) is 4.62. The van der Waals surface area contributed by atoms with Gasteiger partial charge in [0.1, 0.15) is 0 Å². The van der Waals surface area contributed by atoms with Crippen molar-refractivity contribution in [3.8, 4) is 0 Å². The van der Waals surface area contributed by atoms with Crippen molar-refractivity contribution in [2.75, 3.05) is 6.54 Å². The molecule has 0 saturated carbocycles. The molecule has 0 aromatic carbocycles. The average Bonchev–Trinajstić information content (AvgIpc) is 2.45. The van der Waals surface area contributed by atoms with Crippen molar-refractivity contribution < 1.29 is 0 Å². The van der Waals surface area contributed by atoms with Crippen LogP contribution in [0.5, 0.6) is 0 Å². The van der Waals surface area contributed by atoms with E-state index in [1.807, 2.05) is 25.1 Å². The lowest BCUT2D eigenvalue weighted by molar-refractivity contribution is 0.660. The highest BCUT2D eigenvalue weighted by Gasteiger charge is 2.08. The molecule has 0 bridgehead atoms. The van der Waals surface area contributed by atoms with Crippen LogP contribution in [-0.2, 0) is 6.54 Å². The molecule has 2 N–H and O–H groups in total. The normalized spacial score (nSPS) is 11.0. The predicted molar refractivity (Wildman–Crippen MR) is 55.4 cm³/mol. The lowest BCUT2D eigenvalue weighted by Gasteiger charge is -1.99. The minimum Gasteiger partial charge on any atom is -0.329 e. The Morgan fingerprint density at radius 1 is 1.43 bits per heavy atom. The lowest BCUT2D eigenvalue weighted by Crippen LogP contribution is -2.24. The molecule has 0 fully saturated rings. The number of pyridine rings is 1. The van der Waals surface area contributed by atoms with Gasteiger partial charge in [-0.25, -0.2) is 4.79 Å². The summed E-state index contributed by atoms with van der Waals surface area (Å²) in [6, 6.07) is 5.71. The Balaban J connectivity index is 2.79. The van der Waals surface area contributed by atoms with E-state index in [1.54, 1.807) is 15.2 Å². The summed E-state index contributed by atoms with van der Waals surface area (Å²) in [6.45, 7) is 3.00. The summed E-state index contributed by atoms with van der Waals surface area (Å²) in [5.41, 5.74) is 7.36. The largest absolute Gasteiger partial charge is 0.332 e. The van der Waals surface area contributed by atoms with Crippen LogP contribution in [0.25, 0.3) is 5.52 Å². The highest BCUT2D eigenvalue weighted by atomic mass is 16.1. The SMILES string of the molecule is Cc1c2ccccn2c(=O)n1CCN. The van der Waals surface area contributed by atoms with Gasteiger partial charge in [-0.05, 0) is 19.1 Å². The van der Waals surface area contributed by atoms with Crippen molar-refractivity contribution in [1.29, 1.82) is 0 Å². The molecule has 4 heteroatoms. The van der Waals surface area contributed by atoms with Gasteiger partial charge < -0.3 is 5.73 Å². The van der Waals surface area contributed by atoms with Gasteiger partial charge in [0, 0.05) is 25.0 Å². The van der Waals surface area contributed by atoms with Crippen molar-refractivity contribution in [3.05, 3.63) is 40.6 Å². The molecule has 14 heavy (non-hydrogen) atoms. The molecule has 0 unspecified atom stereocenters. The number of fused-ring (bicyclic) bond motifs is 1. The van der Waals surface area contributed by atoms with Gasteiger partial charge in [-0.1, -0.05) is 6.07 Å². The second-order valence-electron chi connectivity index (χ2n) is 3.26. The van der Waals surface area contributed by atoms with Crippen LogP contribution in [0, 0.1) is 6.92 Å². The van der Waals surface area contributed by atoms with Gasteiger partial charge in [-0.2, -0.15) is 0 Å².